The van der Waals surface area contributed by atoms with Crippen LogP contribution in [-0.2, 0) is 6.67 Å². The quantitative estimate of drug-likeness (QED) is 0.796. The highest BCUT2D eigenvalue weighted by atomic mass is 16.2. The van der Waals surface area contributed by atoms with Gasteiger partial charge in [0.25, 0.3) is 11.1 Å². The largest absolute Gasteiger partial charge is 0.355 e. The smallest absolute Gasteiger partial charge is 0.274 e. The van der Waals surface area contributed by atoms with Gasteiger partial charge in [-0.15, -0.1) is 0 Å². The van der Waals surface area contributed by atoms with E-state index < -0.39 is 0 Å². The van der Waals surface area contributed by atoms with Crippen LogP contribution in [0.4, 0.5) is 5.69 Å². The van der Waals surface area contributed by atoms with Gasteiger partial charge in [0.2, 0.25) is 0 Å². The van der Waals surface area contributed by atoms with Crippen LogP contribution in [0.5, 0.6) is 0 Å². The highest BCUT2D eigenvalue weighted by molar-refractivity contribution is 5.80. The van der Waals surface area contributed by atoms with Crippen LogP contribution < -0.4 is 16.0 Å². The molecule has 0 aliphatic carbocycles. The molecule has 0 unspecified atom stereocenters. The second-order valence-electron chi connectivity index (χ2n) is 4.89. The fraction of sp³-hybridized carbons (Fsp3) is 0.125. The van der Waals surface area contributed by atoms with Crippen molar-refractivity contribution in [3.8, 4) is 0 Å². The van der Waals surface area contributed by atoms with Crippen molar-refractivity contribution < 1.29 is 0 Å². The second kappa shape index (κ2) is 5.28. The molecule has 0 saturated heterocycles. The molecule has 1 heterocycles. The normalized spacial score (nSPS) is 10.7. The summed E-state index contributed by atoms with van der Waals surface area (Å²) in [5.41, 5.74) is 0.512. The van der Waals surface area contributed by atoms with Gasteiger partial charge in [-0.1, -0.05) is 30.3 Å². The lowest BCUT2D eigenvalue weighted by molar-refractivity contribution is 0.571. The maximum absolute atomic E-state index is 12.4. The van der Waals surface area contributed by atoms with Crippen LogP contribution in [0.15, 0.2) is 64.2 Å². The first-order valence-electron chi connectivity index (χ1n) is 6.65. The van der Waals surface area contributed by atoms with Crippen molar-refractivity contribution in [1.82, 2.24) is 9.78 Å². The summed E-state index contributed by atoms with van der Waals surface area (Å²) in [5.74, 6) is 0. The predicted octanol–water partition coefficient (Wildman–Crippen LogP) is 1.78. The maximum Gasteiger partial charge on any atom is 0.274 e. The highest BCUT2D eigenvalue weighted by Crippen LogP contribution is 2.11. The molecule has 0 atom stereocenters. The molecule has 0 spiro atoms. The Hall–Kier alpha value is -2.82. The van der Waals surface area contributed by atoms with Gasteiger partial charge >= 0.3 is 0 Å². The van der Waals surface area contributed by atoms with Gasteiger partial charge in [0.1, 0.15) is 6.67 Å². The molecule has 5 heteroatoms. The summed E-state index contributed by atoms with van der Waals surface area (Å²) in [6.45, 7) is 0.281. The van der Waals surface area contributed by atoms with E-state index in [1.54, 1.807) is 24.3 Å². The number of H-pyrrole nitrogens is 1. The number of aromatic amines is 1. The van der Waals surface area contributed by atoms with Crippen molar-refractivity contribution in [2.24, 2.45) is 0 Å². The Balaban J connectivity index is 2.04. The number of anilines is 1. The van der Waals surface area contributed by atoms with Crippen LogP contribution in [0.25, 0.3) is 10.8 Å². The third-order valence-electron chi connectivity index (χ3n) is 3.43. The predicted molar refractivity (Wildman–Crippen MR) is 83.7 cm³/mol. The Morgan fingerprint density at radius 3 is 2.29 bits per heavy atom. The van der Waals surface area contributed by atoms with Gasteiger partial charge in [0, 0.05) is 12.7 Å². The number of nitrogens with zero attached hydrogens (tertiary/aromatic N) is 2. The van der Waals surface area contributed by atoms with Gasteiger partial charge < -0.3 is 4.90 Å². The first-order chi connectivity index (χ1) is 10.2. The van der Waals surface area contributed by atoms with E-state index >= 15 is 0 Å². The summed E-state index contributed by atoms with van der Waals surface area (Å²) in [6, 6.07) is 16.5. The van der Waals surface area contributed by atoms with Gasteiger partial charge in [-0.2, -0.15) is 0 Å². The number of nitrogens with one attached hydrogen (secondary N) is 1. The number of para-hydroxylation sites is 1. The third kappa shape index (κ3) is 2.45. The molecular formula is C16H15N3O2. The van der Waals surface area contributed by atoms with Crippen LogP contribution in [0.2, 0.25) is 0 Å². The molecule has 0 aliphatic heterocycles. The molecule has 2 aromatic carbocycles. The summed E-state index contributed by atoms with van der Waals surface area (Å²) in [6.07, 6.45) is 0. The fourth-order valence-corrected chi connectivity index (χ4v) is 2.32. The van der Waals surface area contributed by atoms with Gasteiger partial charge in [0.05, 0.1) is 10.8 Å². The summed E-state index contributed by atoms with van der Waals surface area (Å²) in [7, 11) is 1.87. The Bertz CT molecular complexity index is 881. The molecule has 1 aromatic heterocycles. The van der Waals surface area contributed by atoms with E-state index in [0.717, 1.165) is 5.69 Å². The lowest BCUT2D eigenvalue weighted by Crippen LogP contribution is -2.35. The van der Waals surface area contributed by atoms with Gasteiger partial charge in [0.15, 0.2) is 0 Å². The zero-order valence-corrected chi connectivity index (χ0v) is 11.6. The van der Waals surface area contributed by atoms with Crippen LogP contribution in [0.3, 0.4) is 0 Å². The SMILES string of the molecule is CN(Cn1[nH]c(=O)c2ccccc2c1=O)c1ccccc1. The third-order valence-corrected chi connectivity index (χ3v) is 3.43. The highest BCUT2D eigenvalue weighted by Gasteiger charge is 2.08. The summed E-state index contributed by atoms with van der Waals surface area (Å²) < 4.78 is 1.33. The number of hydrogen-bond donors (Lipinski definition) is 1. The average Bonchev–Trinajstić information content (AvgIpc) is 2.53. The molecular weight excluding hydrogens is 266 g/mol. The number of rotatable bonds is 3. The minimum absolute atomic E-state index is 0.201. The van der Waals surface area contributed by atoms with Crippen LogP contribution >= 0.6 is 0 Å². The lowest BCUT2D eigenvalue weighted by atomic mass is 10.2. The van der Waals surface area contributed by atoms with Crippen molar-refractivity contribution in [2.75, 3.05) is 11.9 Å². The average molecular weight is 281 g/mol. The number of fused-ring (bicyclic) bond motifs is 1. The van der Waals surface area contributed by atoms with E-state index in [0.29, 0.717) is 10.8 Å². The monoisotopic (exact) mass is 281 g/mol. The first kappa shape index (κ1) is 13.2. The summed E-state index contributed by atoms with van der Waals surface area (Å²) in [4.78, 5) is 26.3. The molecule has 106 valence electrons. The molecule has 3 rings (SSSR count). The molecule has 0 amide bonds. The van der Waals surface area contributed by atoms with E-state index in [1.807, 2.05) is 42.3 Å². The minimum atomic E-state index is -0.258. The van der Waals surface area contributed by atoms with Crippen LogP contribution in [0.1, 0.15) is 0 Å². The van der Waals surface area contributed by atoms with Crippen molar-refractivity contribution in [2.45, 2.75) is 6.67 Å². The topological polar surface area (TPSA) is 58.1 Å². The van der Waals surface area contributed by atoms with E-state index in [2.05, 4.69) is 5.10 Å². The molecule has 3 aromatic rings. The molecule has 0 bridgehead atoms. The first-order valence-corrected chi connectivity index (χ1v) is 6.65. The van der Waals surface area contributed by atoms with Crippen molar-refractivity contribution >= 4 is 16.5 Å². The van der Waals surface area contributed by atoms with E-state index in [1.165, 1.54) is 4.68 Å². The van der Waals surface area contributed by atoms with Crippen molar-refractivity contribution in [3.63, 3.8) is 0 Å². The number of aromatic nitrogens is 2. The molecule has 5 nitrogen and oxygen atoms in total. The standard InChI is InChI=1S/C16H15N3O2/c1-18(12-7-3-2-4-8-12)11-19-16(21)14-10-6-5-9-13(14)15(20)17-19/h2-10H,11H2,1H3,(H,17,20). The zero-order chi connectivity index (χ0) is 14.8. The zero-order valence-electron chi connectivity index (χ0n) is 11.6. The van der Waals surface area contributed by atoms with E-state index in [9.17, 15) is 9.59 Å². The number of hydrogen-bond acceptors (Lipinski definition) is 3. The summed E-state index contributed by atoms with van der Waals surface area (Å²) in [5, 5.41) is 3.48. The van der Waals surface area contributed by atoms with Crippen LogP contribution in [0, 0.1) is 0 Å². The van der Waals surface area contributed by atoms with Gasteiger partial charge in [-0.25, -0.2) is 4.68 Å². The number of benzene rings is 2. The molecule has 0 aliphatic rings. The lowest BCUT2D eigenvalue weighted by Gasteiger charge is -2.20. The Morgan fingerprint density at radius 2 is 1.57 bits per heavy atom. The van der Waals surface area contributed by atoms with Crippen molar-refractivity contribution in [1.29, 1.82) is 0 Å². The summed E-state index contributed by atoms with van der Waals surface area (Å²) >= 11 is 0. The molecule has 1 N–H and O–H groups in total. The van der Waals surface area contributed by atoms with Crippen LogP contribution in [-0.4, -0.2) is 16.8 Å². The van der Waals surface area contributed by atoms with E-state index in [-0.39, 0.29) is 17.8 Å². The molecule has 0 fully saturated rings. The Kier molecular flexibility index (Phi) is 3.31. The molecule has 0 radical (unpaired) electrons. The maximum atomic E-state index is 12.4. The molecule has 21 heavy (non-hydrogen) atoms. The van der Waals surface area contributed by atoms with Gasteiger partial charge in [-0.3, -0.25) is 14.7 Å². The Labute approximate surface area is 121 Å². The molecule has 0 saturated carbocycles. The van der Waals surface area contributed by atoms with Gasteiger partial charge in [-0.05, 0) is 24.3 Å². The fourth-order valence-electron chi connectivity index (χ4n) is 2.32. The van der Waals surface area contributed by atoms with E-state index in [4.69, 9.17) is 0 Å². The van der Waals surface area contributed by atoms with Crippen molar-refractivity contribution in [3.05, 3.63) is 75.3 Å². The minimum Gasteiger partial charge on any atom is -0.355 e. The second-order valence-corrected chi connectivity index (χ2v) is 4.89. The Morgan fingerprint density at radius 1 is 0.952 bits per heavy atom.